The SMILES string of the molecule is COc1ccc(C(C)CC(=O)N2CCC(c3nnc4n3CCNC4)CC2)cc1.Cl. The minimum atomic E-state index is 0. The Bertz CT molecular complexity index is 815. The van der Waals surface area contributed by atoms with Crippen LogP contribution in [0.4, 0.5) is 0 Å². The minimum Gasteiger partial charge on any atom is -0.497 e. The molecule has 0 aliphatic carbocycles. The van der Waals surface area contributed by atoms with Gasteiger partial charge in [-0.15, -0.1) is 22.6 Å². The van der Waals surface area contributed by atoms with Crippen molar-refractivity contribution in [3.8, 4) is 5.75 Å². The highest BCUT2D eigenvalue weighted by Gasteiger charge is 2.29. The van der Waals surface area contributed by atoms with E-state index in [1.165, 1.54) is 5.56 Å². The molecule has 158 valence electrons. The second-order valence-electron chi connectivity index (χ2n) is 7.84. The maximum Gasteiger partial charge on any atom is 0.223 e. The van der Waals surface area contributed by atoms with Gasteiger partial charge in [0.25, 0.3) is 0 Å². The molecule has 1 aromatic carbocycles. The number of aromatic nitrogens is 3. The molecule has 0 spiro atoms. The summed E-state index contributed by atoms with van der Waals surface area (Å²) in [6.07, 6.45) is 2.48. The van der Waals surface area contributed by atoms with Crippen molar-refractivity contribution in [1.29, 1.82) is 0 Å². The van der Waals surface area contributed by atoms with Gasteiger partial charge < -0.3 is 19.5 Å². The molecule has 0 saturated carbocycles. The third kappa shape index (κ3) is 4.73. The Morgan fingerprint density at radius 1 is 1.21 bits per heavy atom. The van der Waals surface area contributed by atoms with Gasteiger partial charge in [-0.25, -0.2) is 0 Å². The predicted molar refractivity (Wildman–Crippen MR) is 114 cm³/mol. The number of nitrogens with one attached hydrogen (secondary N) is 1. The zero-order chi connectivity index (χ0) is 19.5. The van der Waals surface area contributed by atoms with Gasteiger partial charge in [-0.2, -0.15) is 0 Å². The number of benzene rings is 1. The van der Waals surface area contributed by atoms with Crippen LogP contribution in [0.1, 0.15) is 55.2 Å². The van der Waals surface area contributed by atoms with E-state index >= 15 is 0 Å². The number of carbonyl (C=O) groups excluding carboxylic acids is 1. The molecular weight excluding hydrogens is 390 g/mol. The molecule has 1 N–H and O–H groups in total. The highest BCUT2D eigenvalue weighted by Crippen LogP contribution is 2.29. The summed E-state index contributed by atoms with van der Waals surface area (Å²) in [6.45, 7) is 6.43. The van der Waals surface area contributed by atoms with E-state index in [0.29, 0.717) is 12.3 Å². The van der Waals surface area contributed by atoms with E-state index < -0.39 is 0 Å². The van der Waals surface area contributed by atoms with Crippen LogP contribution < -0.4 is 10.1 Å². The van der Waals surface area contributed by atoms with Crippen molar-refractivity contribution < 1.29 is 9.53 Å². The first kappa shape index (κ1) is 21.6. The number of hydrogen-bond acceptors (Lipinski definition) is 5. The van der Waals surface area contributed by atoms with Gasteiger partial charge in [0.05, 0.1) is 13.7 Å². The Morgan fingerprint density at radius 2 is 1.93 bits per heavy atom. The highest BCUT2D eigenvalue weighted by molar-refractivity contribution is 5.85. The molecule has 1 fully saturated rings. The van der Waals surface area contributed by atoms with Crippen molar-refractivity contribution in [2.75, 3.05) is 26.7 Å². The lowest BCUT2D eigenvalue weighted by molar-refractivity contribution is -0.132. The Hall–Kier alpha value is -2.12. The van der Waals surface area contributed by atoms with Gasteiger partial charge in [0.1, 0.15) is 17.4 Å². The van der Waals surface area contributed by atoms with Crippen molar-refractivity contribution in [3.05, 3.63) is 41.5 Å². The molecule has 1 unspecified atom stereocenters. The Balaban J connectivity index is 0.00000240. The average Bonchev–Trinajstić information content (AvgIpc) is 3.18. The summed E-state index contributed by atoms with van der Waals surface area (Å²) in [6, 6.07) is 8.01. The van der Waals surface area contributed by atoms with Gasteiger partial charge in [-0.1, -0.05) is 19.1 Å². The number of halogens is 1. The van der Waals surface area contributed by atoms with Crippen LogP contribution in [0.25, 0.3) is 0 Å². The lowest BCUT2D eigenvalue weighted by Crippen LogP contribution is -2.39. The van der Waals surface area contributed by atoms with Crippen molar-refractivity contribution in [3.63, 3.8) is 0 Å². The Morgan fingerprint density at radius 3 is 2.62 bits per heavy atom. The number of rotatable bonds is 5. The van der Waals surface area contributed by atoms with Crippen LogP contribution in [-0.4, -0.2) is 52.3 Å². The lowest BCUT2D eigenvalue weighted by atomic mass is 9.93. The van der Waals surface area contributed by atoms with E-state index in [1.54, 1.807) is 7.11 Å². The second kappa shape index (κ2) is 9.59. The van der Waals surface area contributed by atoms with E-state index in [9.17, 15) is 4.79 Å². The lowest BCUT2D eigenvalue weighted by Gasteiger charge is -2.32. The van der Waals surface area contributed by atoms with Crippen molar-refractivity contribution in [2.45, 2.75) is 51.1 Å². The summed E-state index contributed by atoms with van der Waals surface area (Å²) in [5, 5.41) is 12.1. The average molecular weight is 420 g/mol. The largest absolute Gasteiger partial charge is 0.497 e. The first-order chi connectivity index (χ1) is 13.7. The first-order valence-corrected chi connectivity index (χ1v) is 10.2. The van der Waals surface area contributed by atoms with Gasteiger partial charge in [0, 0.05) is 38.5 Å². The standard InChI is InChI=1S/C21H29N5O2.ClH/c1-15(16-3-5-18(28-2)6-4-16)13-20(27)25-10-7-17(8-11-25)21-24-23-19-14-22-9-12-26(19)21;/h3-6,15,17,22H,7-14H2,1-2H3;1H. The normalized spacial score (nSPS) is 17.9. The summed E-state index contributed by atoms with van der Waals surface area (Å²) in [5.41, 5.74) is 1.17. The van der Waals surface area contributed by atoms with Crippen molar-refractivity contribution in [2.24, 2.45) is 0 Å². The van der Waals surface area contributed by atoms with Crippen molar-refractivity contribution in [1.82, 2.24) is 25.0 Å². The maximum absolute atomic E-state index is 12.8. The topological polar surface area (TPSA) is 72.3 Å². The van der Waals surface area contributed by atoms with E-state index in [-0.39, 0.29) is 24.2 Å². The fourth-order valence-electron chi connectivity index (χ4n) is 4.25. The first-order valence-electron chi connectivity index (χ1n) is 10.2. The van der Waals surface area contributed by atoms with E-state index in [2.05, 4.69) is 27.0 Å². The molecular formula is C21H30ClN5O2. The third-order valence-corrected chi connectivity index (χ3v) is 6.03. The van der Waals surface area contributed by atoms with Crippen LogP contribution in [0.3, 0.4) is 0 Å². The number of piperidine rings is 1. The Labute approximate surface area is 178 Å². The van der Waals surface area contributed by atoms with Gasteiger partial charge >= 0.3 is 0 Å². The van der Waals surface area contributed by atoms with Crippen LogP contribution in [0.15, 0.2) is 24.3 Å². The summed E-state index contributed by atoms with van der Waals surface area (Å²) >= 11 is 0. The number of methoxy groups -OCH3 is 1. The van der Waals surface area contributed by atoms with Gasteiger partial charge in [-0.3, -0.25) is 4.79 Å². The quantitative estimate of drug-likeness (QED) is 0.806. The molecule has 0 bridgehead atoms. The molecule has 4 rings (SSSR count). The molecule has 1 amide bonds. The second-order valence-corrected chi connectivity index (χ2v) is 7.84. The van der Waals surface area contributed by atoms with Crippen molar-refractivity contribution >= 4 is 18.3 Å². The van der Waals surface area contributed by atoms with E-state index in [0.717, 1.165) is 63.0 Å². The number of ether oxygens (including phenoxy) is 1. The molecule has 1 atom stereocenters. The molecule has 2 aliphatic rings. The summed E-state index contributed by atoms with van der Waals surface area (Å²) in [4.78, 5) is 14.8. The summed E-state index contributed by atoms with van der Waals surface area (Å²) in [5.74, 6) is 3.84. The number of fused-ring (bicyclic) bond motifs is 1. The van der Waals surface area contributed by atoms with Gasteiger partial charge in [-0.05, 0) is 36.5 Å². The van der Waals surface area contributed by atoms with Crippen LogP contribution in [0, 0.1) is 0 Å². The van der Waals surface area contributed by atoms with E-state index in [4.69, 9.17) is 4.74 Å². The molecule has 2 aromatic rings. The summed E-state index contributed by atoms with van der Waals surface area (Å²) < 4.78 is 7.48. The zero-order valence-electron chi connectivity index (χ0n) is 17.1. The fourth-order valence-corrected chi connectivity index (χ4v) is 4.25. The van der Waals surface area contributed by atoms with Crippen LogP contribution in [-0.2, 0) is 17.9 Å². The number of carbonyl (C=O) groups is 1. The third-order valence-electron chi connectivity index (χ3n) is 6.03. The number of amides is 1. The molecule has 7 nitrogen and oxygen atoms in total. The monoisotopic (exact) mass is 419 g/mol. The molecule has 8 heteroatoms. The summed E-state index contributed by atoms with van der Waals surface area (Å²) in [7, 11) is 1.66. The molecule has 1 aromatic heterocycles. The molecule has 2 aliphatic heterocycles. The molecule has 3 heterocycles. The number of likely N-dealkylation sites (tertiary alicyclic amines) is 1. The molecule has 1 saturated heterocycles. The highest BCUT2D eigenvalue weighted by atomic mass is 35.5. The van der Waals surface area contributed by atoms with Crippen LogP contribution in [0.2, 0.25) is 0 Å². The fraction of sp³-hybridized carbons (Fsp3) is 0.571. The molecule has 0 radical (unpaired) electrons. The minimum absolute atomic E-state index is 0. The number of hydrogen-bond donors (Lipinski definition) is 1. The maximum atomic E-state index is 12.8. The van der Waals surface area contributed by atoms with Gasteiger partial charge in [0.2, 0.25) is 5.91 Å². The Kier molecular flexibility index (Phi) is 7.14. The van der Waals surface area contributed by atoms with Gasteiger partial charge in [0.15, 0.2) is 0 Å². The molecule has 29 heavy (non-hydrogen) atoms. The van der Waals surface area contributed by atoms with Crippen LogP contribution >= 0.6 is 12.4 Å². The smallest absolute Gasteiger partial charge is 0.223 e. The van der Waals surface area contributed by atoms with Crippen LogP contribution in [0.5, 0.6) is 5.75 Å². The zero-order valence-corrected chi connectivity index (χ0v) is 18.0. The predicted octanol–water partition coefficient (Wildman–Crippen LogP) is 2.71. The number of nitrogens with zero attached hydrogens (tertiary/aromatic N) is 4. The van der Waals surface area contributed by atoms with E-state index in [1.807, 2.05) is 29.2 Å².